The first-order valence-electron chi connectivity index (χ1n) is 8.97. The lowest BCUT2D eigenvalue weighted by Gasteiger charge is -2.39. The van der Waals surface area contributed by atoms with E-state index in [0.717, 1.165) is 22.5 Å². The Bertz CT molecular complexity index is 981. The van der Waals surface area contributed by atoms with Crippen LogP contribution in [0, 0.1) is 13.8 Å². The summed E-state index contributed by atoms with van der Waals surface area (Å²) in [6.45, 7) is 11.1. The lowest BCUT2D eigenvalue weighted by molar-refractivity contribution is 0.454. The van der Waals surface area contributed by atoms with Crippen molar-refractivity contribution in [2.45, 2.75) is 52.5 Å². The first-order chi connectivity index (χ1) is 11.8. The summed E-state index contributed by atoms with van der Waals surface area (Å²) in [5.41, 5.74) is 8.56. The van der Waals surface area contributed by atoms with E-state index in [-0.39, 0.29) is 5.54 Å². The predicted molar refractivity (Wildman–Crippen MR) is 109 cm³/mol. The van der Waals surface area contributed by atoms with Crippen LogP contribution in [0.25, 0.3) is 22.0 Å². The van der Waals surface area contributed by atoms with Gasteiger partial charge in [-0.3, -0.25) is 0 Å². The molecular weight excluding hydrogens is 328 g/mol. The minimum absolute atomic E-state index is 0.0958. The number of fused-ring (bicyclic) bond motifs is 2. The maximum absolute atomic E-state index is 6.97. The largest absolute Gasteiger partial charge is 0.380 e. The van der Waals surface area contributed by atoms with E-state index in [1.165, 1.54) is 33.3 Å². The van der Waals surface area contributed by atoms with E-state index < -0.39 is 0 Å². The summed E-state index contributed by atoms with van der Waals surface area (Å²) in [5.74, 6) is 0.432. The van der Waals surface area contributed by atoms with Gasteiger partial charge < -0.3 is 10.3 Å². The van der Waals surface area contributed by atoms with Gasteiger partial charge in [-0.05, 0) is 62.8 Å². The summed E-state index contributed by atoms with van der Waals surface area (Å²) < 4.78 is 0. The van der Waals surface area contributed by atoms with E-state index in [1.54, 1.807) is 0 Å². The Hall–Kier alpha value is -1.93. The molecule has 3 aromatic rings. The number of aromatic nitrogens is 1. The first kappa shape index (κ1) is 16.5. The molecule has 0 saturated heterocycles. The number of hydrogen-bond acceptors (Lipinski definition) is 1. The normalized spacial score (nSPS) is 18.9. The smallest absolute Gasteiger partial charge is 0.0540 e. The van der Waals surface area contributed by atoms with Crippen molar-refractivity contribution in [1.82, 2.24) is 4.98 Å². The highest BCUT2D eigenvalue weighted by Gasteiger charge is 2.33. The Morgan fingerprint density at radius 1 is 1.12 bits per heavy atom. The fourth-order valence-electron chi connectivity index (χ4n) is 4.42. The monoisotopic (exact) mass is 352 g/mol. The summed E-state index contributed by atoms with van der Waals surface area (Å²) in [6.07, 6.45) is 3.15. The number of rotatable bonds is 1. The Morgan fingerprint density at radius 2 is 1.88 bits per heavy atom. The molecule has 1 atom stereocenters. The summed E-state index contributed by atoms with van der Waals surface area (Å²) in [6, 6.07) is 8.67. The zero-order valence-electron chi connectivity index (χ0n) is 15.5. The van der Waals surface area contributed by atoms with Gasteiger partial charge in [-0.25, -0.2) is 0 Å². The molecule has 0 amide bonds. The molecule has 1 unspecified atom stereocenters. The van der Waals surface area contributed by atoms with Crippen molar-refractivity contribution in [3.8, 4) is 11.1 Å². The highest BCUT2D eigenvalue weighted by Crippen LogP contribution is 2.48. The van der Waals surface area contributed by atoms with Gasteiger partial charge in [0, 0.05) is 33.9 Å². The van der Waals surface area contributed by atoms with Gasteiger partial charge in [-0.15, -0.1) is 0 Å². The van der Waals surface area contributed by atoms with E-state index in [4.69, 9.17) is 11.6 Å². The van der Waals surface area contributed by atoms with Crippen LogP contribution in [0.4, 0.5) is 5.69 Å². The molecule has 1 aromatic heterocycles. The van der Waals surface area contributed by atoms with E-state index in [9.17, 15) is 0 Å². The highest BCUT2D eigenvalue weighted by molar-refractivity contribution is 6.35. The number of nitrogens with one attached hydrogen (secondary N) is 2. The van der Waals surface area contributed by atoms with Crippen LogP contribution in [0.5, 0.6) is 0 Å². The molecule has 0 radical (unpaired) electrons. The number of aromatic amines is 1. The molecular formula is C22H25ClN2. The van der Waals surface area contributed by atoms with Crippen LogP contribution in [-0.2, 0) is 0 Å². The average molecular weight is 353 g/mol. The van der Waals surface area contributed by atoms with Gasteiger partial charge >= 0.3 is 0 Å². The minimum Gasteiger partial charge on any atom is -0.380 e. The molecule has 1 aliphatic rings. The highest BCUT2D eigenvalue weighted by atomic mass is 35.5. The fraction of sp³-hybridized carbons (Fsp3) is 0.364. The molecule has 25 heavy (non-hydrogen) atoms. The predicted octanol–water partition coefficient (Wildman–Crippen LogP) is 6.80. The molecule has 0 saturated carbocycles. The minimum atomic E-state index is 0.0958. The summed E-state index contributed by atoms with van der Waals surface area (Å²) >= 11 is 6.97. The maximum atomic E-state index is 6.97. The van der Waals surface area contributed by atoms with Crippen molar-refractivity contribution in [3.63, 3.8) is 0 Å². The Balaban J connectivity index is 1.99. The van der Waals surface area contributed by atoms with Crippen molar-refractivity contribution < 1.29 is 0 Å². The van der Waals surface area contributed by atoms with Gasteiger partial charge in [-0.2, -0.15) is 0 Å². The average Bonchev–Trinajstić information content (AvgIpc) is 2.91. The van der Waals surface area contributed by atoms with E-state index in [0.29, 0.717) is 5.92 Å². The molecule has 0 bridgehead atoms. The lowest BCUT2D eigenvalue weighted by atomic mass is 9.79. The Morgan fingerprint density at radius 3 is 2.64 bits per heavy atom. The van der Waals surface area contributed by atoms with Crippen molar-refractivity contribution in [2.24, 2.45) is 0 Å². The van der Waals surface area contributed by atoms with Crippen LogP contribution in [0.3, 0.4) is 0 Å². The SMILES string of the molecule is Cc1cc(-c2cccc3c(C)c[nH]c23)c(Cl)c2c1NC(C)(C)CC2C. The van der Waals surface area contributed by atoms with Gasteiger partial charge in [0.05, 0.1) is 10.5 Å². The molecule has 2 nitrogen and oxygen atoms in total. The Labute approximate surface area is 154 Å². The van der Waals surface area contributed by atoms with Crippen molar-refractivity contribution >= 4 is 28.2 Å². The van der Waals surface area contributed by atoms with E-state index >= 15 is 0 Å². The molecule has 0 aliphatic carbocycles. The van der Waals surface area contributed by atoms with Crippen molar-refractivity contribution in [3.05, 3.63) is 52.2 Å². The molecule has 0 spiro atoms. The quantitative estimate of drug-likeness (QED) is 0.495. The van der Waals surface area contributed by atoms with E-state index in [1.807, 2.05) is 0 Å². The number of hydrogen-bond donors (Lipinski definition) is 2. The molecule has 1 aliphatic heterocycles. The molecule has 3 heteroatoms. The topological polar surface area (TPSA) is 27.8 Å². The van der Waals surface area contributed by atoms with Crippen LogP contribution in [0.15, 0.2) is 30.5 Å². The number of benzene rings is 2. The second kappa shape index (κ2) is 5.54. The first-order valence-corrected chi connectivity index (χ1v) is 9.34. The van der Waals surface area contributed by atoms with Crippen LogP contribution in [0.2, 0.25) is 5.02 Å². The zero-order chi connectivity index (χ0) is 17.9. The second-order valence-corrected chi connectivity index (χ2v) is 8.54. The number of aryl methyl sites for hydroxylation is 2. The summed E-state index contributed by atoms with van der Waals surface area (Å²) in [4.78, 5) is 3.43. The third kappa shape index (κ3) is 2.55. The third-order valence-electron chi connectivity index (χ3n) is 5.48. The van der Waals surface area contributed by atoms with Crippen LogP contribution >= 0.6 is 11.6 Å². The molecule has 4 rings (SSSR count). The molecule has 2 aromatic carbocycles. The second-order valence-electron chi connectivity index (χ2n) is 8.16. The van der Waals surface area contributed by atoms with Crippen LogP contribution < -0.4 is 5.32 Å². The number of halogens is 1. The number of para-hydroxylation sites is 1. The Kier molecular flexibility index (Phi) is 3.66. The molecule has 2 heterocycles. The summed E-state index contributed by atoms with van der Waals surface area (Å²) in [5, 5.41) is 5.85. The van der Waals surface area contributed by atoms with E-state index in [2.05, 4.69) is 75.4 Å². The van der Waals surface area contributed by atoms with Gasteiger partial charge in [0.2, 0.25) is 0 Å². The lowest BCUT2D eigenvalue weighted by Crippen LogP contribution is -2.37. The van der Waals surface area contributed by atoms with Crippen LogP contribution in [-0.4, -0.2) is 10.5 Å². The van der Waals surface area contributed by atoms with Gasteiger partial charge in [-0.1, -0.05) is 36.7 Å². The van der Waals surface area contributed by atoms with Crippen LogP contribution in [0.1, 0.15) is 49.8 Å². The fourth-order valence-corrected chi connectivity index (χ4v) is 4.86. The molecule has 0 fully saturated rings. The number of H-pyrrole nitrogens is 1. The van der Waals surface area contributed by atoms with Crippen molar-refractivity contribution in [1.29, 1.82) is 0 Å². The molecule has 2 N–H and O–H groups in total. The third-order valence-corrected chi connectivity index (χ3v) is 5.89. The van der Waals surface area contributed by atoms with Gasteiger partial charge in [0.1, 0.15) is 0 Å². The maximum Gasteiger partial charge on any atom is 0.0540 e. The standard InChI is InChI=1S/C22H25ClN2/c1-12-9-17(16-8-6-7-15-14(3)11-24-21(15)16)19(23)18-13(2)10-22(4,5)25-20(12)18/h6-9,11,13,24-25H,10H2,1-5H3. The molecule has 130 valence electrons. The summed E-state index contributed by atoms with van der Waals surface area (Å²) in [7, 11) is 0. The van der Waals surface area contributed by atoms with Gasteiger partial charge in [0.15, 0.2) is 0 Å². The van der Waals surface area contributed by atoms with Crippen molar-refractivity contribution in [2.75, 3.05) is 5.32 Å². The van der Waals surface area contributed by atoms with Gasteiger partial charge in [0.25, 0.3) is 0 Å². The number of anilines is 1. The zero-order valence-corrected chi connectivity index (χ0v) is 16.3.